The fraction of sp³-hybridized carbons (Fsp3) is 0.190. The molecule has 6 nitrogen and oxygen atoms in total. The van der Waals surface area contributed by atoms with Gasteiger partial charge in [-0.25, -0.2) is 9.97 Å². The van der Waals surface area contributed by atoms with E-state index in [1.165, 1.54) is 11.1 Å². The van der Waals surface area contributed by atoms with Crippen LogP contribution in [0.25, 0.3) is 33.2 Å². The number of fused-ring (bicyclic) bond motifs is 2. The molecular weight excluding hydrogens is 336 g/mol. The molecule has 2 heterocycles. The van der Waals surface area contributed by atoms with Gasteiger partial charge in [-0.3, -0.25) is 5.41 Å². The highest BCUT2D eigenvalue weighted by Gasteiger charge is 2.21. The average molecular weight is 356 g/mol. The highest BCUT2D eigenvalue weighted by atomic mass is 14.9. The van der Waals surface area contributed by atoms with Crippen LogP contribution in [-0.4, -0.2) is 25.8 Å². The van der Waals surface area contributed by atoms with Crippen LogP contribution in [0.2, 0.25) is 0 Å². The first-order valence-corrected chi connectivity index (χ1v) is 9.21. The second kappa shape index (κ2) is 6.09. The monoisotopic (exact) mass is 356 g/mol. The van der Waals surface area contributed by atoms with Gasteiger partial charge in [0.2, 0.25) is 0 Å². The number of hydrogen-bond acceptors (Lipinski definition) is 3. The first-order chi connectivity index (χ1) is 13.2. The molecular formula is C21H20N6. The van der Waals surface area contributed by atoms with Crippen LogP contribution in [-0.2, 0) is 0 Å². The molecule has 0 fully saturated rings. The maximum atomic E-state index is 7.63. The van der Waals surface area contributed by atoms with Gasteiger partial charge in [0, 0.05) is 16.7 Å². The number of nitrogens with zero attached hydrogens (tertiary/aromatic N) is 2. The number of rotatable bonds is 3. The number of benzene rings is 2. The molecule has 0 amide bonds. The Balaban J connectivity index is 1.66. The molecule has 1 aliphatic carbocycles. The molecule has 2 aromatic heterocycles. The normalized spacial score (nSPS) is 15.0. The van der Waals surface area contributed by atoms with E-state index in [2.05, 4.69) is 16.0 Å². The SMILES string of the molecule is N=C(N)c1ccc2nc(C3=C(c4nc5ccccc5[nH]4)CCCC3)[nH]c2c1. The van der Waals surface area contributed by atoms with E-state index in [9.17, 15) is 0 Å². The minimum Gasteiger partial charge on any atom is -0.384 e. The molecule has 1 aliphatic rings. The maximum Gasteiger partial charge on any atom is 0.134 e. The summed E-state index contributed by atoms with van der Waals surface area (Å²) >= 11 is 0. The Morgan fingerprint density at radius 2 is 1.48 bits per heavy atom. The number of aromatic nitrogens is 4. The Labute approximate surface area is 156 Å². The predicted molar refractivity (Wildman–Crippen MR) is 108 cm³/mol. The van der Waals surface area contributed by atoms with Crippen LogP contribution in [0.4, 0.5) is 0 Å². The minimum atomic E-state index is 0.0629. The lowest BCUT2D eigenvalue weighted by atomic mass is 9.91. The summed E-state index contributed by atoms with van der Waals surface area (Å²) in [6, 6.07) is 13.8. The number of imidazole rings is 2. The van der Waals surface area contributed by atoms with Crippen molar-refractivity contribution >= 4 is 39.0 Å². The summed E-state index contributed by atoms with van der Waals surface area (Å²) in [6.45, 7) is 0. The number of amidine groups is 1. The van der Waals surface area contributed by atoms with E-state index in [4.69, 9.17) is 21.1 Å². The van der Waals surface area contributed by atoms with E-state index in [-0.39, 0.29) is 5.84 Å². The van der Waals surface area contributed by atoms with Crippen molar-refractivity contribution in [3.8, 4) is 0 Å². The van der Waals surface area contributed by atoms with E-state index >= 15 is 0 Å². The zero-order chi connectivity index (χ0) is 18.4. The average Bonchev–Trinajstić information content (AvgIpc) is 3.31. The summed E-state index contributed by atoms with van der Waals surface area (Å²) in [5, 5.41) is 7.63. The second-order valence-electron chi connectivity index (χ2n) is 7.00. The zero-order valence-corrected chi connectivity index (χ0v) is 14.8. The van der Waals surface area contributed by atoms with E-state index in [0.29, 0.717) is 5.56 Å². The Kier molecular flexibility index (Phi) is 3.57. The summed E-state index contributed by atoms with van der Waals surface area (Å²) in [5.74, 6) is 1.89. The molecule has 0 radical (unpaired) electrons. The number of aromatic amines is 2. The van der Waals surface area contributed by atoms with Gasteiger partial charge in [-0.05, 0) is 56.0 Å². The summed E-state index contributed by atoms with van der Waals surface area (Å²) in [7, 11) is 0. The van der Waals surface area contributed by atoms with Crippen molar-refractivity contribution in [2.75, 3.05) is 0 Å². The van der Waals surface area contributed by atoms with Gasteiger partial charge in [0.1, 0.15) is 17.5 Å². The van der Waals surface area contributed by atoms with Crippen molar-refractivity contribution < 1.29 is 0 Å². The van der Waals surface area contributed by atoms with Gasteiger partial charge in [-0.15, -0.1) is 0 Å². The van der Waals surface area contributed by atoms with E-state index in [0.717, 1.165) is 59.4 Å². The number of allylic oxidation sites excluding steroid dienone is 2. The number of nitrogens with one attached hydrogen (secondary N) is 3. The molecule has 0 saturated heterocycles. The molecule has 5 N–H and O–H groups in total. The fourth-order valence-electron chi connectivity index (χ4n) is 3.84. The number of nitrogens with two attached hydrogens (primary N) is 1. The maximum absolute atomic E-state index is 7.63. The number of para-hydroxylation sites is 2. The summed E-state index contributed by atoms with van der Waals surface area (Å²) in [4.78, 5) is 16.5. The minimum absolute atomic E-state index is 0.0629. The zero-order valence-electron chi connectivity index (χ0n) is 14.8. The quantitative estimate of drug-likeness (QED) is 0.326. The molecule has 4 aromatic rings. The Morgan fingerprint density at radius 1 is 0.852 bits per heavy atom. The molecule has 0 aliphatic heterocycles. The van der Waals surface area contributed by atoms with Gasteiger partial charge < -0.3 is 15.7 Å². The van der Waals surface area contributed by atoms with Crippen LogP contribution < -0.4 is 5.73 Å². The van der Waals surface area contributed by atoms with E-state index in [1.807, 2.05) is 36.4 Å². The number of H-pyrrole nitrogens is 2. The topological polar surface area (TPSA) is 107 Å². The van der Waals surface area contributed by atoms with Gasteiger partial charge in [-0.1, -0.05) is 12.1 Å². The Bertz CT molecular complexity index is 1180. The molecule has 2 aromatic carbocycles. The van der Waals surface area contributed by atoms with Crippen molar-refractivity contribution in [3.05, 3.63) is 59.7 Å². The highest BCUT2D eigenvalue weighted by Crippen LogP contribution is 2.37. The van der Waals surface area contributed by atoms with Crippen LogP contribution in [0.3, 0.4) is 0 Å². The van der Waals surface area contributed by atoms with Gasteiger partial charge in [0.15, 0.2) is 0 Å². The van der Waals surface area contributed by atoms with Crippen molar-refractivity contribution in [1.82, 2.24) is 19.9 Å². The predicted octanol–water partition coefficient (Wildman–Crippen LogP) is 4.21. The first kappa shape index (κ1) is 15.8. The second-order valence-corrected chi connectivity index (χ2v) is 7.00. The van der Waals surface area contributed by atoms with Gasteiger partial charge in [-0.2, -0.15) is 0 Å². The standard InChI is InChI=1S/C21H20N6/c22-19(23)12-9-10-17-18(11-12)27-21(26-17)14-6-2-1-5-13(14)20-24-15-7-3-4-8-16(15)25-20/h3-4,7-11H,1-2,5-6H2,(H3,22,23)(H,24,25)(H,26,27). The molecule has 0 atom stereocenters. The van der Waals surface area contributed by atoms with Crippen molar-refractivity contribution in [2.24, 2.45) is 5.73 Å². The summed E-state index contributed by atoms with van der Waals surface area (Å²) in [6.07, 6.45) is 4.27. The van der Waals surface area contributed by atoms with Crippen LogP contribution >= 0.6 is 0 Å². The fourth-order valence-corrected chi connectivity index (χ4v) is 3.84. The smallest absolute Gasteiger partial charge is 0.134 e. The van der Waals surface area contributed by atoms with Crippen molar-refractivity contribution in [1.29, 1.82) is 5.41 Å². The van der Waals surface area contributed by atoms with Gasteiger partial charge in [0.25, 0.3) is 0 Å². The Morgan fingerprint density at radius 3 is 2.15 bits per heavy atom. The molecule has 27 heavy (non-hydrogen) atoms. The first-order valence-electron chi connectivity index (χ1n) is 9.21. The Hall–Kier alpha value is -3.41. The lowest BCUT2D eigenvalue weighted by Gasteiger charge is -2.17. The van der Waals surface area contributed by atoms with Crippen LogP contribution in [0, 0.1) is 5.41 Å². The molecule has 0 unspecified atom stereocenters. The molecule has 134 valence electrons. The van der Waals surface area contributed by atoms with Gasteiger partial charge >= 0.3 is 0 Å². The third-order valence-electron chi connectivity index (χ3n) is 5.22. The van der Waals surface area contributed by atoms with Crippen molar-refractivity contribution in [2.45, 2.75) is 25.7 Å². The molecule has 6 heteroatoms. The third kappa shape index (κ3) is 2.70. The molecule has 5 rings (SSSR count). The molecule has 0 saturated carbocycles. The largest absolute Gasteiger partial charge is 0.384 e. The van der Waals surface area contributed by atoms with Gasteiger partial charge in [0.05, 0.1) is 22.1 Å². The number of nitrogen functional groups attached to an aromatic ring is 1. The van der Waals surface area contributed by atoms with Crippen molar-refractivity contribution in [3.63, 3.8) is 0 Å². The summed E-state index contributed by atoms with van der Waals surface area (Å²) in [5.41, 5.74) is 12.6. The molecule has 0 spiro atoms. The lowest BCUT2D eigenvalue weighted by Crippen LogP contribution is -2.10. The van der Waals surface area contributed by atoms with E-state index < -0.39 is 0 Å². The van der Waals surface area contributed by atoms with Crippen LogP contribution in [0.1, 0.15) is 42.9 Å². The lowest BCUT2D eigenvalue weighted by molar-refractivity contribution is 0.746. The third-order valence-corrected chi connectivity index (χ3v) is 5.22. The molecule has 0 bridgehead atoms. The number of hydrogen-bond donors (Lipinski definition) is 4. The summed E-state index contributed by atoms with van der Waals surface area (Å²) < 4.78 is 0. The van der Waals surface area contributed by atoms with Crippen LogP contribution in [0.5, 0.6) is 0 Å². The highest BCUT2D eigenvalue weighted by molar-refractivity contribution is 5.98. The van der Waals surface area contributed by atoms with Crippen LogP contribution in [0.15, 0.2) is 42.5 Å². The van der Waals surface area contributed by atoms with E-state index in [1.54, 1.807) is 0 Å².